The molecular formula is C14H22N2OS. The molecule has 1 aliphatic heterocycles. The van der Waals surface area contributed by atoms with E-state index in [1.54, 1.807) is 7.11 Å². The van der Waals surface area contributed by atoms with Crippen LogP contribution in [0.1, 0.15) is 24.9 Å². The molecule has 1 aliphatic rings. The van der Waals surface area contributed by atoms with Crippen molar-refractivity contribution in [1.29, 1.82) is 0 Å². The Bertz CT molecular complexity index is 403. The lowest BCUT2D eigenvalue weighted by Crippen LogP contribution is -2.32. The molecule has 3 nitrogen and oxygen atoms in total. The maximum absolute atomic E-state index is 6.12. The smallest absolute Gasteiger partial charge is 0.125 e. The minimum atomic E-state index is -0.0207. The van der Waals surface area contributed by atoms with Crippen LogP contribution in [0.2, 0.25) is 0 Å². The minimum Gasteiger partial charge on any atom is -0.496 e. The first-order chi connectivity index (χ1) is 8.65. The third kappa shape index (κ3) is 2.59. The second kappa shape index (κ2) is 5.85. The summed E-state index contributed by atoms with van der Waals surface area (Å²) < 4.78 is 5.45. The fraction of sp³-hybridized carbons (Fsp3) is 0.571. The summed E-state index contributed by atoms with van der Waals surface area (Å²) in [5.74, 6) is 3.35. The number of thioether (sulfide) groups is 1. The second-order valence-electron chi connectivity index (χ2n) is 4.81. The first-order valence-electron chi connectivity index (χ1n) is 6.38. The van der Waals surface area contributed by atoms with Crippen LogP contribution in [-0.4, -0.2) is 31.7 Å². The third-order valence-electron chi connectivity index (χ3n) is 3.55. The van der Waals surface area contributed by atoms with Crippen LogP contribution in [0.25, 0.3) is 0 Å². The van der Waals surface area contributed by atoms with Gasteiger partial charge in [0.2, 0.25) is 0 Å². The topological polar surface area (TPSA) is 38.5 Å². The molecule has 1 fully saturated rings. The first kappa shape index (κ1) is 13.6. The Balaban J connectivity index is 2.36. The van der Waals surface area contributed by atoms with E-state index in [-0.39, 0.29) is 6.04 Å². The third-order valence-corrected chi connectivity index (χ3v) is 4.70. The molecule has 2 atom stereocenters. The summed E-state index contributed by atoms with van der Waals surface area (Å²) in [7, 11) is 3.87. The number of nitrogens with zero attached hydrogens (tertiary/aromatic N) is 1. The Morgan fingerprint density at radius 1 is 1.50 bits per heavy atom. The summed E-state index contributed by atoms with van der Waals surface area (Å²) in [6, 6.07) is 6.76. The zero-order valence-electron chi connectivity index (χ0n) is 11.3. The van der Waals surface area contributed by atoms with Crippen molar-refractivity contribution >= 4 is 17.4 Å². The molecule has 1 unspecified atom stereocenters. The maximum Gasteiger partial charge on any atom is 0.125 e. The zero-order valence-corrected chi connectivity index (χ0v) is 12.2. The van der Waals surface area contributed by atoms with Gasteiger partial charge >= 0.3 is 0 Å². The molecule has 0 aliphatic carbocycles. The van der Waals surface area contributed by atoms with Gasteiger partial charge in [-0.15, -0.1) is 0 Å². The van der Waals surface area contributed by atoms with Crippen molar-refractivity contribution in [2.45, 2.75) is 25.4 Å². The molecule has 4 heteroatoms. The molecule has 0 aromatic heterocycles. The molecule has 100 valence electrons. The van der Waals surface area contributed by atoms with Crippen LogP contribution in [0, 0.1) is 0 Å². The number of nitrogens with two attached hydrogens (primary N) is 1. The molecule has 0 bridgehead atoms. The summed E-state index contributed by atoms with van der Waals surface area (Å²) in [5, 5.41) is 0. The molecule has 2 rings (SSSR count). The number of hydrogen-bond donors (Lipinski definition) is 1. The van der Waals surface area contributed by atoms with E-state index in [4.69, 9.17) is 10.5 Å². The molecule has 18 heavy (non-hydrogen) atoms. The second-order valence-corrected chi connectivity index (χ2v) is 5.96. The van der Waals surface area contributed by atoms with Crippen LogP contribution >= 0.6 is 11.8 Å². The summed E-state index contributed by atoms with van der Waals surface area (Å²) in [4.78, 5) is 2.36. The van der Waals surface area contributed by atoms with Crippen LogP contribution in [0.5, 0.6) is 5.75 Å². The molecule has 0 amide bonds. The molecular weight excluding hydrogens is 244 g/mol. The van der Waals surface area contributed by atoms with Crippen LogP contribution in [0.4, 0.5) is 5.69 Å². The Morgan fingerprint density at radius 2 is 2.28 bits per heavy atom. The van der Waals surface area contributed by atoms with E-state index in [0.717, 1.165) is 11.3 Å². The monoisotopic (exact) mass is 266 g/mol. The Kier molecular flexibility index (Phi) is 4.40. The minimum absolute atomic E-state index is 0.0207. The Labute approximate surface area is 114 Å². The van der Waals surface area contributed by atoms with Gasteiger partial charge in [-0.25, -0.2) is 0 Å². The van der Waals surface area contributed by atoms with E-state index in [1.165, 1.54) is 23.6 Å². The van der Waals surface area contributed by atoms with Gasteiger partial charge < -0.3 is 15.4 Å². The van der Waals surface area contributed by atoms with Crippen molar-refractivity contribution in [2.24, 2.45) is 5.73 Å². The van der Waals surface area contributed by atoms with Gasteiger partial charge in [-0.3, -0.25) is 0 Å². The van der Waals surface area contributed by atoms with Crippen molar-refractivity contribution in [3.8, 4) is 5.75 Å². The van der Waals surface area contributed by atoms with Crippen LogP contribution in [-0.2, 0) is 0 Å². The average Bonchev–Trinajstić information content (AvgIpc) is 2.90. The van der Waals surface area contributed by atoms with Gasteiger partial charge in [0.25, 0.3) is 0 Å². The van der Waals surface area contributed by atoms with E-state index >= 15 is 0 Å². The van der Waals surface area contributed by atoms with Gasteiger partial charge in [0.05, 0.1) is 7.11 Å². The molecule has 2 N–H and O–H groups in total. The molecule has 1 aromatic rings. The maximum atomic E-state index is 6.12. The van der Waals surface area contributed by atoms with Crippen molar-refractivity contribution in [1.82, 2.24) is 0 Å². The zero-order chi connectivity index (χ0) is 13.1. The first-order valence-corrected chi connectivity index (χ1v) is 7.53. The predicted molar refractivity (Wildman–Crippen MR) is 79.7 cm³/mol. The van der Waals surface area contributed by atoms with Gasteiger partial charge in [-0.2, -0.15) is 11.8 Å². The molecule has 0 spiro atoms. The standard InChI is InChI=1S/C14H22N2OS/c1-10(15)14-12(5-4-6-13(14)17-3)16(2)11-7-8-18-9-11/h4-6,10-11H,7-9,15H2,1-3H3/t10-,11?/m1/s1. The Hall–Kier alpha value is -0.870. The lowest BCUT2D eigenvalue weighted by atomic mass is 10.0. The van der Waals surface area contributed by atoms with Crippen molar-refractivity contribution < 1.29 is 4.74 Å². The largest absolute Gasteiger partial charge is 0.496 e. The van der Waals surface area contributed by atoms with E-state index in [0.29, 0.717) is 6.04 Å². The highest BCUT2D eigenvalue weighted by atomic mass is 32.2. The quantitative estimate of drug-likeness (QED) is 0.909. The van der Waals surface area contributed by atoms with E-state index in [9.17, 15) is 0 Å². The van der Waals surface area contributed by atoms with Crippen LogP contribution in [0.15, 0.2) is 18.2 Å². The predicted octanol–water partition coefficient (Wildman–Crippen LogP) is 2.66. The van der Waals surface area contributed by atoms with Gasteiger partial charge in [0, 0.05) is 36.1 Å². The lowest BCUT2D eigenvalue weighted by molar-refractivity contribution is 0.407. The van der Waals surface area contributed by atoms with E-state index in [2.05, 4.69) is 18.0 Å². The van der Waals surface area contributed by atoms with Gasteiger partial charge in [0.15, 0.2) is 0 Å². The van der Waals surface area contributed by atoms with Crippen molar-refractivity contribution in [2.75, 3.05) is 30.6 Å². The molecule has 1 heterocycles. The van der Waals surface area contributed by atoms with Gasteiger partial charge in [-0.1, -0.05) is 6.07 Å². The summed E-state index contributed by atoms with van der Waals surface area (Å²) >= 11 is 2.03. The highest BCUT2D eigenvalue weighted by Gasteiger charge is 2.24. The van der Waals surface area contributed by atoms with Crippen LogP contribution in [0.3, 0.4) is 0 Å². The Morgan fingerprint density at radius 3 is 2.83 bits per heavy atom. The van der Waals surface area contributed by atoms with Gasteiger partial charge in [-0.05, 0) is 31.2 Å². The summed E-state index contributed by atoms with van der Waals surface area (Å²) in [6.07, 6.45) is 1.25. The van der Waals surface area contributed by atoms with Crippen molar-refractivity contribution in [3.05, 3.63) is 23.8 Å². The van der Waals surface area contributed by atoms with Gasteiger partial charge in [0.1, 0.15) is 5.75 Å². The van der Waals surface area contributed by atoms with E-state index < -0.39 is 0 Å². The molecule has 0 saturated carbocycles. The SMILES string of the molecule is COc1cccc(N(C)C2CCSC2)c1[C@@H](C)N. The molecule has 1 aromatic carbocycles. The number of hydrogen-bond acceptors (Lipinski definition) is 4. The summed E-state index contributed by atoms with van der Waals surface area (Å²) in [6.45, 7) is 2.01. The fourth-order valence-corrected chi connectivity index (χ4v) is 3.77. The summed E-state index contributed by atoms with van der Waals surface area (Å²) in [5.41, 5.74) is 8.43. The molecule has 0 radical (unpaired) electrons. The number of methoxy groups -OCH3 is 1. The van der Waals surface area contributed by atoms with E-state index in [1.807, 2.05) is 30.8 Å². The van der Waals surface area contributed by atoms with Crippen LogP contribution < -0.4 is 15.4 Å². The number of rotatable bonds is 4. The average molecular weight is 266 g/mol. The van der Waals surface area contributed by atoms with Crippen molar-refractivity contribution in [3.63, 3.8) is 0 Å². The number of benzene rings is 1. The highest BCUT2D eigenvalue weighted by molar-refractivity contribution is 7.99. The highest BCUT2D eigenvalue weighted by Crippen LogP contribution is 2.35. The fourth-order valence-electron chi connectivity index (χ4n) is 2.50. The number of ether oxygens (including phenoxy) is 1. The molecule has 1 saturated heterocycles. The lowest BCUT2D eigenvalue weighted by Gasteiger charge is -2.30. The number of anilines is 1. The normalized spacial score (nSPS) is 20.8.